The summed E-state index contributed by atoms with van der Waals surface area (Å²) < 4.78 is 5.24. The number of aryl methyl sites for hydroxylation is 1. The van der Waals surface area contributed by atoms with Gasteiger partial charge in [0.2, 0.25) is 0 Å². The summed E-state index contributed by atoms with van der Waals surface area (Å²) in [7, 11) is -1.49. The van der Waals surface area contributed by atoms with Crippen molar-refractivity contribution in [1.29, 1.82) is 0 Å². The van der Waals surface area contributed by atoms with Crippen LogP contribution in [0.4, 0.5) is 4.79 Å². The number of amides is 1. The first-order valence-corrected chi connectivity index (χ1v) is 11.5. The lowest BCUT2D eigenvalue weighted by Crippen LogP contribution is -2.33. The minimum Gasteiger partial charge on any atom is -0.444 e. The van der Waals surface area contributed by atoms with Gasteiger partial charge < -0.3 is 25.1 Å². The number of nitrogens with zero attached hydrogens (tertiary/aromatic N) is 1. The predicted octanol–water partition coefficient (Wildman–Crippen LogP) is 3.91. The zero-order valence-corrected chi connectivity index (χ0v) is 19.8. The third kappa shape index (κ3) is 5.95. The Balaban J connectivity index is 1.40. The molecule has 0 atom stereocenters. The van der Waals surface area contributed by atoms with Crippen LogP contribution in [0.25, 0.3) is 32.9 Å². The fraction of sp³-hybridized carbons (Fsp3) is 0.308. The number of benzene rings is 3. The Morgan fingerprint density at radius 3 is 2.50 bits per heavy atom. The summed E-state index contributed by atoms with van der Waals surface area (Å²) in [6.45, 7) is 6.10. The molecule has 1 amide bonds. The van der Waals surface area contributed by atoms with Crippen LogP contribution in [-0.2, 0) is 11.2 Å². The molecular formula is C26H30BN3O4. The Morgan fingerprint density at radius 1 is 1.00 bits per heavy atom. The van der Waals surface area contributed by atoms with E-state index in [0.29, 0.717) is 12.0 Å². The quantitative estimate of drug-likeness (QED) is 0.248. The van der Waals surface area contributed by atoms with Gasteiger partial charge in [-0.05, 0) is 79.2 Å². The number of carbonyl (C=O) groups is 1. The van der Waals surface area contributed by atoms with Crippen molar-refractivity contribution in [3.8, 4) is 11.1 Å². The summed E-state index contributed by atoms with van der Waals surface area (Å²) in [5.41, 5.74) is 3.97. The van der Waals surface area contributed by atoms with Crippen LogP contribution in [0.2, 0.25) is 0 Å². The van der Waals surface area contributed by atoms with Gasteiger partial charge in [-0.25, -0.2) is 9.78 Å². The molecule has 0 saturated heterocycles. The van der Waals surface area contributed by atoms with Crippen LogP contribution in [0, 0.1) is 0 Å². The Kier molecular flexibility index (Phi) is 6.91. The summed E-state index contributed by atoms with van der Waals surface area (Å²) >= 11 is 0. The number of aromatic nitrogens is 2. The fourth-order valence-electron chi connectivity index (χ4n) is 3.89. The molecule has 1 aromatic heterocycles. The number of hydrogen-bond donors (Lipinski definition) is 4. The van der Waals surface area contributed by atoms with Gasteiger partial charge in [-0.15, -0.1) is 0 Å². The average Bonchev–Trinajstić information content (AvgIpc) is 3.18. The number of alkyl carbamates (subject to hydrolysis) is 1. The van der Waals surface area contributed by atoms with Crippen LogP contribution < -0.4 is 10.8 Å². The molecule has 0 aliphatic carbocycles. The maximum atomic E-state index is 11.7. The molecular weight excluding hydrogens is 429 g/mol. The highest BCUT2D eigenvalue weighted by Crippen LogP contribution is 2.27. The number of rotatable bonds is 7. The molecule has 0 radical (unpaired) electrons. The van der Waals surface area contributed by atoms with Crippen molar-refractivity contribution in [2.45, 2.75) is 45.6 Å². The largest absolute Gasteiger partial charge is 0.488 e. The summed E-state index contributed by atoms with van der Waals surface area (Å²) in [5, 5.41) is 23.7. The fourth-order valence-corrected chi connectivity index (χ4v) is 3.89. The molecule has 0 aliphatic heterocycles. The second-order valence-electron chi connectivity index (χ2n) is 9.50. The number of ether oxygens (including phenoxy) is 1. The highest BCUT2D eigenvalue weighted by molar-refractivity contribution is 6.58. The minimum absolute atomic E-state index is 0.388. The van der Waals surface area contributed by atoms with Crippen molar-refractivity contribution < 1.29 is 19.6 Å². The molecule has 0 bridgehead atoms. The predicted molar refractivity (Wildman–Crippen MR) is 136 cm³/mol. The number of unbranched alkanes of at least 4 members (excludes halogenated alkanes) is 1. The average molecular weight is 459 g/mol. The molecule has 4 N–H and O–H groups in total. The Labute approximate surface area is 199 Å². The Morgan fingerprint density at radius 2 is 1.74 bits per heavy atom. The standard InChI is InChI=1S/C26H30BN3O4/c1-26(2,3)34-25(31)28-13-5-4-6-24-29-22-12-10-19(16-23(22)30-24)18-8-7-17-9-11-21(27(32)33)15-20(17)14-18/h7-12,14-16,32-33H,4-6,13H2,1-3H3,(H,28,31)(H,29,30). The monoisotopic (exact) mass is 459 g/mol. The van der Waals surface area contributed by atoms with E-state index in [1.165, 1.54) is 0 Å². The topological polar surface area (TPSA) is 107 Å². The van der Waals surface area contributed by atoms with Crippen LogP contribution in [0.3, 0.4) is 0 Å². The van der Waals surface area contributed by atoms with E-state index in [-0.39, 0.29) is 6.09 Å². The van der Waals surface area contributed by atoms with E-state index >= 15 is 0 Å². The molecule has 4 rings (SSSR count). The van der Waals surface area contributed by atoms with Gasteiger partial charge in [0, 0.05) is 13.0 Å². The Bertz CT molecular complexity index is 1310. The molecule has 0 saturated carbocycles. The lowest BCUT2D eigenvalue weighted by atomic mass is 9.79. The number of hydrogen-bond acceptors (Lipinski definition) is 5. The van der Waals surface area contributed by atoms with Gasteiger partial charge in [-0.1, -0.05) is 36.4 Å². The maximum Gasteiger partial charge on any atom is 0.488 e. The third-order valence-electron chi connectivity index (χ3n) is 5.54. The van der Waals surface area contributed by atoms with Gasteiger partial charge in [0.25, 0.3) is 0 Å². The molecule has 8 heteroatoms. The molecule has 34 heavy (non-hydrogen) atoms. The van der Waals surface area contributed by atoms with Crippen molar-refractivity contribution in [1.82, 2.24) is 15.3 Å². The van der Waals surface area contributed by atoms with Crippen LogP contribution in [0.5, 0.6) is 0 Å². The molecule has 7 nitrogen and oxygen atoms in total. The molecule has 1 heterocycles. The molecule has 0 fully saturated rings. The summed E-state index contributed by atoms with van der Waals surface area (Å²) in [6.07, 6.45) is 2.14. The molecule has 0 spiro atoms. The van der Waals surface area contributed by atoms with Crippen molar-refractivity contribution >= 4 is 40.5 Å². The highest BCUT2D eigenvalue weighted by atomic mass is 16.6. The number of fused-ring (bicyclic) bond motifs is 2. The molecule has 4 aromatic rings. The Hall–Kier alpha value is -3.36. The van der Waals surface area contributed by atoms with Gasteiger partial charge in [0.1, 0.15) is 11.4 Å². The van der Waals surface area contributed by atoms with E-state index in [1.54, 1.807) is 12.1 Å². The van der Waals surface area contributed by atoms with E-state index in [9.17, 15) is 14.8 Å². The van der Waals surface area contributed by atoms with Gasteiger partial charge in [-0.2, -0.15) is 0 Å². The smallest absolute Gasteiger partial charge is 0.444 e. The van der Waals surface area contributed by atoms with Crippen molar-refractivity contribution in [3.05, 3.63) is 60.4 Å². The first kappa shape index (κ1) is 23.8. The number of imidazole rings is 1. The maximum absolute atomic E-state index is 11.7. The first-order chi connectivity index (χ1) is 16.2. The van der Waals surface area contributed by atoms with E-state index in [0.717, 1.165) is 58.0 Å². The van der Waals surface area contributed by atoms with Gasteiger partial charge in [0.05, 0.1) is 11.0 Å². The van der Waals surface area contributed by atoms with Crippen LogP contribution in [0.15, 0.2) is 54.6 Å². The van der Waals surface area contributed by atoms with Gasteiger partial charge in [-0.3, -0.25) is 0 Å². The number of aromatic amines is 1. The second kappa shape index (κ2) is 9.87. The third-order valence-corrected chi connectivity index (χ3v) is 5.54. The first-order valence-electron chi connectivity index (χ1n) is 11.5. The highest BCUT2D eigenvalue weighted by Gasteiger charge is 2.15. The zero-order valence-electron chi connectivity index (χ0n) is 19.8. The van der Waals surface area contributed by atoms with Crippen LogP contribution in [0.1, 0.15) is 39.4 Å². The summed E-state index contributed by atoms with van der Waals surface area (Å²) in [6, 6.07) is 17.7. The number of carbonyl (C=O) groups excluding carboxylic acids is 1. The number of H-pyrrole nitrogens is 1. The molecule has 176 valence electrons. The van der Waals surface area contributed by atoms with E-state index in [4.69, 9.17) is 4.74 Å². The second-order valence-corrected chi connectivity index (χ2v) is 9.50. The van der Waals surface area contributed by atoms with Crippen molar-refractivity contribution in [3.63, 3.8) is 0 Å². The zero-order chi connectivity index (χ0) is 24.3. The number of nitrogens with one attached hydrogen (secondary N) is 2. The normalized spacial score (nSPS) is 11.7. The molecule has 3 aromatic carbocycles. The van der Waals surface area contributed by atoms with Gasteiger partial charge in [0.15, 0.2) is 0 Å². The summed E-state index contributed by atoms with van der Waals surface area (Å²) in [4.78, 5) is 19.8. The molecule has 0 unspecified atom stereocenters. The molecule has 0 aliphatic rings. The van der Waals surface area contributed by atoms with Crippen molar-refractivity contribution in [2.24, 2.45) is 0 Å². The van der Waals surface area contributed by atoms with E-state index in [1.807, 2.05) is 45.0 Å². The lowest BCUT2D eigenvalue weighted by molar-refractivity contribution is 0.0527. The van der Waals surface area contributed by atoms with Crippen LogP contribution >= 0.6 is 0 Å². The summed E-state index contributed by atoms with van der Waals surface area (Å²) in [5.74, 6) is 0.921. The van der Waals surface area contributed by atoms with E-state index in [2.05, 4.69) is 33.5 Å². The lowest BCUT2D eigenvalue weighted by Gasteiger charge is -2.19. The minimum atomic E-state index is -1.49. The van der Waals surface area contributed by atoms with Gasteiger partial charge >= 0.3 is 13.2 Å². The SMILES string of the molecule is CC(C)(C)OC(=O)NCCCCc1nc2ccc(-c3ccc4ccc(B(O)O)cc4c3)cc2[nH]1. The van der Waals surface area contributed by atoms with Crippen LogP contribution in [-0.4, -0.2) is 45.4 Å². The van der Waals surface area contributed by atoms with E-state index < -0.39 is 12.7 Å². The van der Waals surface area contributed by atoms with Crippen molar-refractivity contribution in [2.75, 3.05) is 6.54 Å².